The summed E-state index contributed by atoms with van der Waals surface area (Å²) in [6.07, 6.45) is 0.825. The van der Waals surface area contributed by atoms with Gasteiger partial charge in [0.25, 0.3) is 0 Å². The minimum atomic E-state index is 0.498. The Morgan fingerprint density at radius 3 is 2.61 bits per heavy atom. The molecule has 0 unspecified atom stereocenters. The molecule has 1 aromatic heterocycles. The predicted molar refractivity (Wildman–Crippen MR) is 78.4 cm³/mol. The SMILES string of the molecule is CCc1nc(-c2cc(C)ccc2C)nc(N)c1Br. The fourth-order valence-corrected chi connectivity index (χ4v) is 2.30. The number of aryl methyl sites for hydroxylation is 3. The number of nitrogens with zero attached hydrogens (tertiary/aromatic N) is 2. The molecule has 0 saturated carbocycles. The van der Waals surface area contributed by atoms with Crippen molar-refractivity contribution in [1.82, 2.24) is 9.97 Å². The van der Waals surface area contributed by atoms with Gasteiger partial charge in [-0.3, -0.25) is 0 Å². The van der Waals surface area contributed by atoms with Gasteiger partial charge in [-0.05, 0) is 47.8 Å². The average molecular weight is 306 g/mol. The third kappa shape index (κ3) is 2.38. The molecule has 0 amide bonds. The van der Waals surface area contributed by atoms with Gasteiger partial charge in [-0.25, -0.2) is 9.97 Å². The number of hydrogen-bond donors (Lipinski definition) is 1. The van der Waals surface area contributed by atoms with Gasteiger partial charge in [0.1, 0.15) is 5.82 Å². The fourth-order valence-electron chi connectivity index (χ4n) is 1.84. The van der Waals surface area contributed by atoms with E-state index in [0.29, 0.717) is 11.6 Å². The minimum Gasteiger partial charge on any atom is -0.383 e. The Morgan fingerprint density at radius 1 is 1.22 bits per heavy atom. The largest absolute Gasteiger partial charge is 0.383 e. The first-order valence-corrected chi connectivity index (χ1v) is 6.71. The Bertz CT molecular complexity index is 594. The summed E-state index contributed by atoms with van der Waals surface area (Å²) in [6, 6.07) is 6.26. The van der Waals surface area contributed by atoms with Crippen molar-refractivity contribution in [3.8, 4) is 11.4 Å². The molecule has 18 heavy (non-hydrogen) atoms. The molecule has 0 fully saturated rings. The molecule has 0 bridgehead atoms. The molecule has 1 aromatic carbocycles. The highest BCUT2D eigenvalue weighted by Crippen LogP contribution is 2.27. The lowest BCUT2D eigenvalue weighted by Gasteiger charge is -2.10. The van der Waals surface area contributed by atoms with Crippen LogP contribution in [0.3, 0.4) is 0 Å². The maximum absolute atomic E-state index is 5.92. The number of benzene rings is 1. The van der Waals surface area contributed by atoms with E-state index in [4.69, 9.17) is 5.73 Å². The molecule has 2 N–H and O–H groups in total. The molecule has 3 nitrogen and oxygen atoms in total. The first kappa shape index (κ1) is 13.0. The van der Waals surface area contributed by atoms with Crippen molar-refractivity contribution in [2.75, 3.05) is 5.73 Å². The van der Waals surface area contributed by atoms with Crippen LogP contribution < -0.4 is 5.73 Å². The Kier molecular flexibility index (Phi) is 3.66. The van der Waals surface area contributed by atoms with Gasteiger partial charge in [0.15, 0.2) is 5.82 Å². The Morgan fingerprint density at radius 2 is 1.94 bits per heavy atom. The van der Waals surface area contributed by atoms with Gasteiger partial charge in [-0.1, -0.05) is 24.6 Å². The number of nitrogen functional groups attached to an aromatic ring is 1. The third-order valence-corrected chi connectivity index (χ3v) is 3.78. The molecule has 0 aliphatic carbocycles. The number of hydrogen-bond acceptors (Lipinski definition) is 3. The number of nitrogens with two attached hydrogens (primary N) is 1. The van der Waals surface area contributed by atoms with Crippen LogP contribution in [0.5, 0.6) is 0 Å². The maximum Gasteiger partial charge on any atom is 0.162 e. The number of aromatic nitrogens is 2. The van der Waals surface area contributed by atoms with Gasteiger partial charge in [0, 0.05) is 5.56 Å². The van der Waals surface area contributed by atoms with Crippen molar-refractivity contribution in [2.24, 2.45) is 0 Å². The zero-order valence-corrected chi connectivity index (χ0v) is 12.4. The second-order valence-electron chi connectivity index (χ2n) is 4.37. The summed E-state index contributed by atoms with van der Waals surface area (Å²) in [7, 11) is 0. The maximum atomic E-state index is 5.92. The molecule has 4 heteroatoms. The Labute approximate surface area is 116 Å². The predicted octanol–water partition coefficient (Wildman–Crippen LogP) is 3.67. The van der Waals surface area contributed by atoms with E-state index < -0.39 is 0 Å². The smallest absolute Gasteiger partial charge is 0.162 e. The van der Waals surface area contributed by atoms with E-state index in [1.807, 2.05) is 0 Å². The van der Waals surface area contributed by atoms with Crippen LogP contribution in [0, 0.1) is 13.8 Å². The first-order valence-electron chi connectivity index (χ1n) is 5.92. The van der Waals surface area contributed by atoms with Crippen molar-refractivity contribution in [3.05, 3.63) is 39.5 Å². The summed E-state index contributed by atoms with van der Waals surface area (Å²) >= 11 is 3.43. The van der Waals surface area contributed by atoms with Crippen molar-refractivity contribution in [3.63, 3.8) is 0 Å². The van der Waals surface area contributed by atoms with Crippen molar-refractivity contribution in [2.45, 2.75) is 27.2 Å². The van der Waals surface area contributed by atoms with Gasteiger partial charge in [-0.2, -0.15) is 0 Å². The summed E-state index contributed by atoms with van der Waals surface area (Å²) in [6.45, 7) is 6.17. The summed E-state index contributed by atoms with van der Waals surface area (Å²) < 4.78 is 0.805. The van der Waals surface area contributed by atoms with Crippen molar-refractivity contribution < 1.29 is 0 Å². The van der Waals surface area contributed by atoms with E-state index in [1.165, 1.54) is 5.56 Å². The van der Waals surface area contributed by atoms with E-state index in [2.05, 4.69) is 64.9 Å². The van der Waals surface area contributed by atoms with Crippen LogP contribution in [0.2, 0.25) is 0 Å². The fraction of sp³-hybridized carbons (Fsp3) is 0.286. The van der Waals surface area contributed by atoms with Gasteiger partial charge in [-0.15, -0.1) is 0 Å². The zero-order chi connectivity index (χ0) is 13.3. The monoisotopic (exact) mass is 305 g/mol. The van der Waals surface area contributed by atoms with Gasteiger partial charge >= 0.3 is 0 Å². The summed E-state index contributed by atoms with van der Waals surface area (Å²) in [5, 5.41) is 0. The van der Waals surface area contributed by atoms with Crippen LogP contribution in [-0.4, -0.2) is 9.97 Å². The van der Waals surface area contributed by atoms with E-state index in [9.17, 15) is 0 Å². The highest BCUT2D eigenvalue weighted by Gasteiger charge is 2.11. The molecule has 0 saturated heterocycles. The number of rotatable bonds is 2. The van der Waals surface area contributed by atoms with Gasteiger partial charge in [0.05, 0.1) is 10.2 Å². The van der Waals surface area contributed by atoms with Gasteiger partial charge < -0.3 is 5.73 Å². The molecule has 1 heterocycles. The lowest BCUT2D eigenvalue weighted by atomic mass is 10.0. The second-order valence-corrected chi connectivity index (χ2v) is 5.16. The van der Waals surface area contributed by atoms with E-state index in [-0.39, 0.29) is 0 Å². The Hall–Kier alpha value is -1.42. The number of anilines is 1. The molecular weight excluding hydrogens is 290 g/mol. The third-order valence-electron chi connectivity index (χ3n) is 2.91. The molecule has 0 aliphatic heterocycles. The van der Waals surface area contributed by atoms with E-state index >= 15 is 0 Å². The molecule has 94 valence electrons. The Balaban J connectivity index is 2.64. The first-order chi connectivity index (χ1) is 8.52. The van der Waals surface area contributed by atoms with Crippen LogP contribution >= 0.6 is 15.9 Å². The van der Waals surface area contributed by atoms with Crippen molar-refractivity contribution in [1.29, 1.82) is 0 Å². The molecule has 0 spiro atoms. The molecule has 2 aromatic rings. The summed E-state index contributed by atoms with van der Waals surface area (Å²) in [4.78, 5) is 8.96. The topological polar surface area (TPSA) is 51.8 Å². The summed E-state index contributed by atoms with van der Waals surface area (Å²) in [5.41, 5.74) is 10.3. The summed E-state index contributed by atoms with van der Waals surface area (Å²) in [5.74, 6) is 1.20. The highest BCUT2D eigenvalue weighted by molar-refractivity contribution is 9.10. The van der Waals surface area contributed by atoms with Crippen LogP contribution in [-0.2, 0) is 6.42 Å². The molecule has 0 radical (unpaired) electrons. The molecule has 2 rings (SSSR count). The van der Waals surface area contributed by atoms with E-state index in [0.717, 1.165) is 27.7 Å². The minimum absolute atomic E-state index is 0.498. The highest BCUT2D eigenvalue weighted by atomic mass is 79.9. The lowest BCUT2D eigenvalue weighted by Crippen LogP contribution is -2.03. The number of halogens is 1. The standard InChI is InChI=1S/C14H16BrN3/c1-4-11-12(15)13(16)18-14(17-11)10-7-8(2)5-6-9(10)3/h5-7H,4H2,1-3H3,(H2,16,17,18). The van der Waals surface area contributed by atoms with Gasteiger partial charge in [0.2, 0.25) is 0 Å². The zero-order valence-electron chi connectivity index (χ0n) is 10.8. The molecule has 0 aliphatic rings. The molecule has 0 atom stereocenters. The van der Waals surface area contributed by atoms with E-state index in [1.54, 1.807) is 0 Å². The average Bonchev–Trinajstić information content (AvgIpc) is 2.35. The normalized spacial score (nSPS) is 10.7. The van der Waals surface area contributed by atoms with Crippen LogP contribution in [0.15, 0.2) is 22.7 Å². The van der Waals surface area contributed by atoms with Crippen LogP contribution in [0.1, 0.15) is 23.7 Å². The lowest BCUT2D eigenvalue weighted by molar-refractivity contribution is 0.994. The van der Waals surface area contributed by atoms with Crippen LogP contribution in [0.4, 0.5) is 5.82 Å². The quantitative estimate of drug-likeness (QED) is 0.921. The second kappa shape index (κ2) is 5.06. The van der Waals surface area contributed by atoms with Crippen molar-refractivity contribution >= 4 is 21.7 Å². The van der Waals surface area contributed by atoms with Crippen LogP contribution in [0.25, 0.3) is 11.4 Å². The molecular formula is C14H16BrN3.